The van der Waals surface area contributed by atoms with Crippen molar-refractivity contribution in [2.24, 2.45) is 0 Å². The number of aromatic nitrogens is 2. The van der Waals surface area contributed by atoms with Crippen molar-refractivity contribution in [3.05, 3.63) is 78.1 Å². The molecule has 9 nitrogen and oxygen atoms in total. The van der Waals surface area contributed by atoms with Crippen LogP contribution in [0, 0.1) is 0 Å². The molecule has 0 bridgehead atoms. The Morgan fingerprint density at radius 1 is 0.780 bits per heavy atom. The molecule has 1 unspecified atom stereocenters. The molecule has 2 aromatic carbocycles. The fourth-order valence-electron chi connectivity index (χ4n) is 6.38. The van der Waals surface area contributed by atoms with Crippen molar-refractivity contribution in [1.82, 2.24) is 25.5 Å². The molecule has 216 valence electrons. The number of rotatable bonds is 11. The molecule has 0 aliphatic carbocycles. The number of aldehydes is 1. The second-order valence-electron chi connectivity index (χ2n) is 11.5. The van der Waals surface area contributed by atoms with Gasteiger partial charge in [-0.05, 0) is 62.7 Å². The molecule has 0 radical (unpaired) electrons. The molecule has 9 heteroatoms. The quantitative estimate of drug-likeness (QED) is 0.266. The van der Waals surface area contributed by atoms with Crippen molar-refractivity contribution in [3.8, 4) is 0 Å². The number of fused-ring (bicyclic) bond motifs is 1. The summed E-state index contributed by atoms with van der Waals surface area (Å²) in [5.41, 5.74) is 3.56. The van der Waals surface area contributed by atoms with E-state index in [2.05, 4.69) is 102 Å². The van der Waals surface area contributed by atoms with Crippen molar-refractivity contribution in [1.29, 1.82) is 0 Å². The maximum absolute atomic E-state index is 12.6. The van der Waals surface area contributed by atoms with Crippen LogP contribution in [-0.4, -0.2) is 78.3 Å². The first-order valence-electron chi connectivity index (χ1n) is 15.1. The van der Waals surface area contributed by atoms with Crippen molar-refractivity contribution >= 4 is 23.6 Å². The molecule has 1 aromatic heterocycles. The van der Waals surface area contributed by atoms with Gasteiger partial charge in [-0.1, -0.05) is 60.7 Å². The van der Waals surface area contributed by atoms with Gasteiger partial charge in [0, 0.05) is 38.3 Å². The Hall–Kier alpha value is -3.53. The van der Waals surface area contributed by atoms with Gasteiger partial charge in [0.05, 0.1) is 0 Å². The van der Waals surface area contributed by atoms with E-state index in [0.717, 1.165) is 95.6 Å². The molecule has 4 N–H and O–H groups in total. The molecule has 0 saturated carbocycles. The fourth-order valence-corrected chi connectivity index (χ4v) is 6.38. The van der Waals surface area contributed by atoms with E-state index >= 15 is 0 Å². The van der Waals surface area contributed by atoms with Crippen LogP contribution in [0.2, 0.25) is 0 Å². The Morgan fingerprint density at radius 3 is 1.90 bits per heavy atom. The number of carbonyl (C=O) groups excluding carboxylic acids is 1. The van der Waals surface area contributed by atoms with Gasteiger partial charge in [0.1, 0.15) is 12.0 Å². The molecule has 4 heterocycles. The molecular weight excluding hydrogens is 512 g/mol. The molecule has 1 atom stereocenters. The lowest BCUT2D eigenvalue weighted by atomic mass is 10.0. The minimum absolute atomic E-state index is 0.459. The van der Waals surface area contributed by atoms with Gasteiger partial charge in [-0.15, -0.1) is 0 Å². The van der Waals surface area contributed by atoms with E-state index < -0.39 is 5.79 Å². The Kier molecular flexibility index (Phi) is 8.74. The second-order valence-corrected chi connectivity index (χ2v) is 11.5. The van der Waals surface area contributed by atoms with Crippen LogP contribution in [0.1, 0.15) is 36.8 Å². The molecule has 3 aliphatic heterocycles. The summed E-state index contributed by atoms with van der Waals surface area (Å²) in [6.45, 7) is 5.43. The molecular formula is C32H42N8O. The summed E-state index contributed by atoms with van der Waals surface area (Å²) in [5.74, 6) is 0.596. The lowest BCUT2D eigenvalue weighted by Crippen LogP contribution is -2.62. The number of piperidine rings is 2. The van der Waals surface area contributed by atoms with Gasteiger partial charge in [0.25, 0.3) is 0 Å². The highest BCUT2D eigenvalue weighted by atomic mass is 16.1. The van der Waals surface area contributed by atoms with E-state index in [4.69, 9.17) is 0 Å². The van der Waals surface area contributed by atoms with Crippen molar-refractivity contribution in [2.75, 3.05) is 54.8 Å². The molecule has 2 saturated heterocycles. The second kappa shape index (κ2) is 13.0. The summed E-state index contributed by atoms with van der Waals surface area (Å²) in [4.78, 5) is 26.3. The Morgan fingerprint density at radius 2 is 1.34 bits per heavy atom. The summed E-state index contributed by atoms with van der Waals surface area (Å²) in [6.07, 6.45) is 8.78. The van der Waals surface area contributed by atoms with Crippen LogP contribution in [0.5, 0.6) is 0 Å². The van der Waals surface area contributed by atoms with Crippen LogP contribution in [0.25, 0.3) is 0 Å². The van der Waals surface area contributed by atoms with Crippen LogP contribution in [0.3, 0.4) is 0 Å². The third kappa shape index (κ3) is 6.53. The van der Waals surface area contributed by atoms with E-state index in [9.17, 15) is 4.79 Å². The highest BCUT2D eigenvalue weighted by molar-refractivity contribution is 5.90. The van der Waals surface area contributed by atoms with E-state index in [1.165, 1.54) is 11.1 Å². The molecule has 0 amide bonds. The highest BCUT2D eigenvalue weighted by Crippen LogP contribution is 2.40. The summed E-state index contributed by atoms with van der Waals surface area (Å²) in [7, 11) is 0. The molecule has 6 rings (SSSR count). The predicted molar refractivity (Wildman–Crippen MR) is 164 cm³/mol. The van der Waals surface area contributed by atoms with Gasteiger partial charge in [-0.2, -0.15) is 0 Å². The van der Waals surface area contributed by atoms with Gasteiger partial charge >= 0.3 is 0 Å². The molecule has 41 heavy (non-hydrogen) atoms. The summed E-state index contributed by atoms with van der Waals surface area (Å²) in [5, 5.41) is 14.4. The number of hydrogen-bond donors (Lipinski definition) is 4. The monoisotopic (exact) mass is 554 g/mol. The number of anilines is 3. The first kappa shape index (κ1) is 27.6. The van der Waals surface area contributed by atoms with E-state index in [-0.39, 0.29) is 0 Å². The third-order valence-electron chi connectivity index (χ3n) is 8.79. The Balaban J connectivity index is 1.00. The lowest BCUT2D eigenvalue weighted by molar-refractivity contribution is -0.116. The largest absolute Gasteiger partial charge is 0.355 e. The first-order valence-corrected chi connectivity index (χ1v) is 15.1. The number of hydrogen-bond acceptors (Lipinski definition) is 9. The van der Waals surface area contributed by atoms with Gasteiger partial charge in [0.2, 0.25) is 5.79 Å². The van der Waals surface area contributed by atoms with E-state index in [0.29, 0.717) is 17.9 Å². The molecule has 3 aromatic rings. The maximum atomic E-state index is 12.6. The average molecular weight is 555 g/mol. The minimum atomic E-state index is -0.987. The van der Waals surface area contributed by atoms with Crippen molar-refractivity contribution in [3.63, 3.8) is 0 Å². The van der Waals surface area contributed by atoms with Crippen LogP contribution in [-0.2, 0) is 17.6 Å². The van der Waals surface area contributed by atoms with Gasteiger partial charge in [-0.3, -0.25) is 9.69 Å². The van der Waals surface area contributed by atoms with Crippen molar-refractivity contribution in [2.45, 2.75) is 56.4 Å². The zero-order valence-electron chi connectivity index (χ0n) is 23.8. The van der Waals surface area contributed by atoms with Crippen LogP contribution in [0.4, 0.5) is 17.3 Å². The summed E-state index contributed by atoms with van der Waals surface area (Å²) in [6, 6.07) is 22.2. The van der Waals surface area contributed by atoms with Crippen LogP contribution in [0.15, 0.2) is 67.0 Å². The zero-order valence-corrected chi connectivity index (χ0v) is 23.8. The van der Waals surface area contributed by atoms with Crippen LogP contribution >= 0.6 is 0 Å². The zero-order chi connectivity index (χ0) is 27.9. The number of nitrogens with zero attached hydrogens (tertiary/aromatic N) is 4. The first-order chi connectivity index (χ1) is 20.2. The highest BCUT2D eigenvalue weighted by Gasteiger charge is 2.45. The van der Waals surface area contributed by atoms with E-state index in [1.807, 2.05) is 0 Å². The van der Waals surface area contributed by atoms with E-state index in [1.54, 1.807) is 6.33 Å². The van der Waals surface area contributed by atoms with Crippen molar-refractivity contribution < 1.29 is 4.79 Å². The van der Waals surface area contributed by atoms with Gasteiger partial charge < -0.3 is 26.2 Å². The summed E-state index contributed by atoms with van der Waals surface area (Å²) >= 11 is 0. The van der Waals surface area contributed by atoms with Crippen LogP contribution < -0.4 is 26.2 Å². The molecule has 0 spiro atoms. The number of carbonyl (C=O) groups is 1. The van der Waals surface area contributed by atoms with Gasteiger partial charge in [-0.25, -0.2) is 9.97 Å². The predicted octanol–water partition coefficient (Wildman–Crippen LogP) is 3.26. The topological polar surface area (TPSA) is 97.5 Å². The Bertz CT molecular complexity index is 1260. The number of likely N-dealkylation sites (tertiary alicyclic amines) is 1. The summed E-state index contributed by atoms with van der Waals surface area (Å²) < 4.78 is 0. The lowest BCUT2D eigenvalue weighted by Gasteiger charge is -2.42. The number of benzene rings is 2. The van der Waals surface area contributed by atoms with Gasteiger partial charge in [0.15, 0.2) is 17.9 Å². The Labute approximate surface area is 243 Å². The molecule has 2 fully saturated rings. The maximum Gasteiger partial charge on any atom is 0.226 e. The normalized spacial score (nSPS) is 21.7. The smallest absolute Gasteiger partial charge is 0.226 e. The number of nitrogens with one attached hydrogen (secondary N) is 4. The average Bonchev–Trinajstić information content (AvgIpc) is 3.43. The minimum Gasteiger partial charge on any atom is -0.355 e. The fraction of sp³-hybridized carbons (Fsp3) is 0.469. The SMILES string of the molecule is O=CC1(N2CCC(NCCc3ccccc3)CC2)Nc2ncnc(N3CCC(NCCc4ccccc4)CC3)c2N1. The molecule has 3 aliphatic rings. The standard InChI is InChI=1S/C32H42N8O/c41-23-32(40-21-15-28(16-22-40)34-18-12-26-9-5-2-6-10-26)37-29-30(38-32)35-24-36-31(29)39-19-13-27(14-20-39)33-17-11-25-7-3-1-4-8-25/h1-10,23-24,27-28,33-34,37H,11-22H2,(H,35,36,38). The third-order valence-corrected chi connectivity index (χ3v) is 8.79.